The van der Waals surface area contributed by atoms with Crippen LogP contribution < -0.4 is 11.2 Å². The monoisotopic (exact) mass is 520 g/mol. The molecule has 0 bridgehead atoms. The summed E-state index contributed by atoms with van der Waals surface area (Å²) in [6, 6.07) is 18.8. The summed E-state index contributed by atoms with van der Waals surface area (Å²) in [6.07, 6.45) is 0.826. The van der Waals surface area contributed by atoms with Gasteiger partial charge in [-0.1, -0.05) is 30.3 Å². The third-order valence-corrected chi connectivity index (χ3v) is 7.89. The molecule has 198 valence electrons. The lowest BCUT2D eigenvalue weighted by Crippen LogP contribution is -2.49. The molecule has 2 heterocycles. The smallest absolute Gasteiger partial charge is 0.328 e. The molecule has 1 aliphatic heterocycles. The number of H-pyrrole nitrogens is 1. The Balaban J connectivity index is 0.00000294. The number of nitrogens with one attached hydrogen (secondary N) is 1. The number of aromatic amines is 1. The molecule has 0 saturated carbocycles. The molecular formula is C29H30F2N4O3. The standard InChI is InChI=1S/C29H28F2N4O2.H2O/c30-20-7-5-19(6-8-20)24-18-27(25-17-21(31)9-10-22(24)25)34-14-11-33(12-15-34)13-16-35-28(36)23-3-1-2-4-26(23)32-29(35)37;/h1-10,17,24,27H,11-16,18H2,(H,32,37);1H2. The molecular weight excluding hydrogens is 490 g/mol. The number of piperazine rings is 1. The predicted octanol–water partition coefficient (Wildman–Crippen LogP) is 3.04. The number of rotatable bonds is 5. The van der Waals surface area contributed by atoms with Crippen LogP contribution in [0.5, 0.6) is 0 Å². The molecule has 3 aromatic carbocycles. The Morgan fingerprint density at radius 1 is 0.816 bits per heavy atom. The predicted molar refractivity (Wildman–Crippen MR) is 142 cm³/mol. The Kier molecular flexibility index (Phi) is 7.25. The number of benzene rings is 3. The molecule has 9 heteroatoms. The van der Waals surface area contributed by atoms with E-state index in [0.717, 1.165) is 49.3 Å². The van der Waals surface area contributed by atoms with E-state index in [2.05, 4.69) is 14.8 Å². The first-order valence-electron chi connectivity index (χ1n) is 12.7. The summed E-state index contributed by atoms with van der Waals surface area (Å²) in [5.74, 6) is -0.402. The molecule has 0 spiro atoms. The number of aromatic nitrogens is 2. The van der Waals surface area contributed by atoms with Crippen LogP contribution in [0.1, 0.15) is 35.1 Å². The first-order valence-corrected chi connectivity index (χ1v) is 12.7. The van der Waals surface area contributed by atoms with Crippen molar-refractivity contribution in [2.24, 2.45) is 0 Å². The van der Waals surface area contributed by atoms with Crippen LogP contribution in [0.2, 0.25) is 0 Å². The summed E-state index contributed by atoms with van der Waals surface area (Å²) in [5, 5.41) is 0.509. The average molecular weight is 521 g/mol. The summed E-state index contributed by atoms with van der Waals surface area (Å²) in [5.41, 5.74) is 3.05. The second-order valence-corrected chi connectivity index (χ2v) is 9.94. The Morgan fingerprint density at radius 3 is 2.29 bits per heavy atom. The van der Waals surface area contributed by atoms with Crippen molar-refractivity contribution in [2.45, 2.75) is 24.9 Å². The molecule has 1 fully saturated rings. The summed E-state index contributed by atoms with van der Waals surface area (Å²) >= 11 is 0. The maximum absolute atomic E-state index is 14.2. The van der Waals surface area contributed by atoms with E-state index in [0.29, 0.717) is 24.0 Å². The van der Waals surface area contributed by atoms with E-state index < -0.39 is 5.69 Å². The number of hydrogen-bond donors (Lipinski definition) is 1. The molecule has 1 saturated heterocycles. The van der Waals surface area contributed by atoms with Crippen LogP contribution in [0.4, 0.5) is 8.78 Å². The Morgan fingerprint density at radius 2 is 1.53 bits per heavy atom. The van der Waals surface area contributed by atoms with Gasteiger partial charge in [0.15, 0.2) is 0 Å². The van der Waals surface area contributed by atoms with Gasteiger partial charge in [0.2, 0.25) is 0 Å². The van der Waals surface area contributed by atoms with Crippen molar-refractivity contribution in [3.8, 4) is 0 Å². The number of nitrogens with zero attached hydrogens (tertiary/aromatic N) is 3. The number of halogens is 2. The molecule has 4 aromatic rings. The van der Waals surface area contributed by atoms with Gasteiger partial charge in [-0.3, -0.25) is 19.2 Å². The summed E-state index contributed by atoms with van der Waals surface area (Å²) in [6.45, 7) is 4.12. The van der Waals surface area contributed by atoms with Gasteiger partial charge in [-0.2, -0.15) is 0 Å². The van der Waals surface area contributed by atoms with Gasteiger partial charge in [0, 0.05) is 51.2 Å². The number of hydrogen-bond acceptors (Lipinski definition) is 4. The third-order valence-electron chi connectivity index (χ3n) is 7.89. The minimum absolute atomic E-state index is 0. The fraction of sp³-hybridized carbons (Fsp3) is 0.310. The molecule has 2 aliphatic rings. The third kappa shape index (κ3) is 4.80. The highest BCUT2D eigenvalue weighted by atomic mass is 19.1. The van der Waals surface area contributed by atoms with Crippen molar-refractivity contribution in [1.82, 2.24) is 19.4 Å². The molecule has 7 nitrogen and oxygen atoms in total. The van der Waals surface area contributed by atoms with E-state index in [1.165, 1.54) is 22.8 Å². The number of fused-ring (bicyclic) bond motifs is 2. The van der Waals surface area contributed by atoms with Crippen molar-refractivity contribution in [2.75, 3.05) is 32.7 Å². The zero-order chi connectivity index (χ0) is 25.5. The van der Waals surface area contributed by atoms with Crippen LogP contribution in [-0.4, -0.2) is 57.6 Å². The largest absolute Gasteiger partial charge is 0.412 e. The Labute approximate surface area is 218 Å². The minimum atomic E-state index is -0.390. The highest BCUT2D eigenvalue weighted by Gasteiger charge is 2.36. The van der Waals surface area contributed by atoms with Gasteiger partial charge in [0.05, 0.1) is 10.9 Å². The zero-order valence-electron chi connectivity index (χ0n) is 20.9. The lowest BCUT2D eigenvalue weighted by Gasteiger charge is -2.38. The van der Waals surface area contributed by atoms with Crippen LogP contribution in [-0.2, 0) is 6.54 Å². The summed E-state index contributed by atoms with van der Waals surface area (Å²) < 4.78 is 29.0. The van der Waals surface area contributed by atoms with Gasteiger partial charge in [-0.25, -0.2) is 13.6 Å². The Bertz CT molecular complexity index is 1560. The van der Waals surface area contributed by atoms with E-state index in [9.17, 15) is 18.4 Å². The van der Waals surface area contributed by atoms with Crippen molar-refractivity contribution >= 4 is 10.9 Å². The summed E-state index contributed by atoms with van der Waals surface area (Å²) in [4.78, 5) is 32.8. The SMILES string of the molecule is O.O=c1[nH]c2ccccc2c(=O)n1CCN1CCN(C2CC(c3ccc(F)cc3)c3ccc(F)cc32)CC1. The van der Waals surface area contributed by atoms with E-state index in [4.69, 9.17) is 0 Å². The summed E-state index contributed by atoms with van der Waals surface area (Å²) in [7, 11) is 0. The maximum Gasteiger partial charge on any atom is 0.328 e. The van der Waals surface area contributed by atoms with Crippen LogP contribution >= 0.6 is 0 Å². The molecule has 1 aromatic heterocycles. The number of para-hydroxylation sites is 1. The molecule has 3 N–H and O–H groups in total. The van der Waals surface area contributed by atoms with E-state index in [1.54, 1.807) is 30.3 Å². The van der Waals surface area contributed by atoms with Crippen LogP contribution in [0.15, 0.2) is 76.3 Å². The van der Waals surface area contributed by atoms with Crippen molar-refractivity contribution < 1.29 is 14.3 Å². The molecule has 0 amide bonds. The highest BCUT2D eigenvalue weighted by molar-refractivity contribution is 5.76. The lowest BCUT2D eigenvalue weighted by molar-refractivity contribution is 0.0922. The second-order valence-electron chi connectivity index (χ2n) is 9.94. The molecule has 1 aliphatic carbocycles. The van der Waals surface area contributed by atoms with Crippen molar-refractivity contribution in [1.29, 1.82) is 0 Å². The quantitative estimate of drug-likeness (QED) is 0.438. The normalized spacial score (nSPS) is 19.8. The first-order chi connectivity index (χ1) is 18.0. The van der Waals surface area contributed by atoms with Gasteiger partial charge in [0.25, 0.3) is 5.56 Å². The average Bonchev–Trinajstić information content (AvgIpc) is 3.28. The van der Waals surface area contributed by atoms with Gasteiger partial charge in [-0.15, -0.1) is 0 Å². The van der Waals surface area contributed by atoms with E-state index in [-0.39, 0.29) is 34.6 Å². The van der Waals surface area contributed by atoms with E-state index >= 15 is 0 Å². The molecule has 0 radical (unpaired) electrons. The van der Waals surface area contributed by atoms with Gasteiger partial charge in [0.1, 0.15) is 11.6 Å². The Hall–Kier alpha value is -3.66. The minimum Gasteiger partial charge on any atom is -0.412 e. The van der Waals surface area contributed by atoms with Crippen molar-refractivity contribution in [3.05, 3.63) is 116 Å². The van der Waals surface area contributed by atoms with Crippen LogP contribution in [0.25, 0.3) is 10.9 Å². The van der Waals surface area contributed by atoms with Crippen LogP contribution in [0, 0.1) is 11.6 Å². The fourth-order valence-corrected chi connectivity index (χ4v) is 5.93. The van der Waals surface area contributed by atoms with E-state index in [1.807, 2.05) is 18.2 Å². The van der Waals surface area contributed by atoms with Gasteiger partial charge < -0.3 is 10.5 Å². The molecule has 2 atom stereocenters. The lowest BCUT2D eigenvalue weighted by atomic mass is 9.93. The van der Waals surface area contributed by atoms with Gasteiger partial charge in [-0.05, 0) is 59.5 Å². The molecule has 6 rings (SSSR count). The topological polar surface area (TPSA) is 92.8 Å². The highest BCUT2D eigenvalue weighted by Crippen LogP contribution is 2.47. The first kappa shape index (κ1) is 26.0. The zero-order valence-corrected chi connectivity index (χ0v) is 20.9. The molecule has 38 heavy (non-hydrogen) atoms. The second kappa shape index (κ2) is 10.6. The van der Waals surface area contributed by atoms with Crippen LogP contribution in [0.3, 0.4) is 0 Å². The maximum atomic E-state index is 14.2. The van der Waals surface area contributed by atoms with Crippen molar-refractivity contribution in [3.63, 3.8) is 0 Å². The fourth-order valence-electron chi connectivity index (χ4n) is 5.93. The van der Waals surface area contributed by atoms with Gasteiger partial charge >= 0.3 is 5.69 Å². The molecule has 2 unspecified atom stereocenters.